The van der Waals surface area contributed by atoms with Gasteiger partial charge >= 0.3 is 5.97 Å². The van der Waals surface area contributed by atoms with Gasteiger partial charge in [-0.15, -0.1) is 0 Å². The molecule has 0 radical (unpaired) electrons. The molecule has 6 nitrogen and oxygen atoms in total. The van der Waals surface area contributed by atoms with E-state index in [1.807, 2.05) is 18.2 Å². The van der Waals surface area contributed by atoms with Crippen molar-refractivity contribution in [3.63, 3.8) is 0 Å². The first-order valence-corrected chi connectivity index (χ1v) is 8.30. The van der Waals surface area contributed by atoms with E-state index in [2.05, 4.69) is 5.32 Å². The fourth-order valence-corrected chi connectivity index (χ4v) is 4.05. The molecule has 2 N–H and O–H groups in total. The maximum absolute atomic E-state index is 12.8. The van der Waals surface area contributed by atoms with E-state index < -0.39 is 11.5 Å². The van der Waals surface area contributed by atoms with Crippen molar-refractivity contribution in [2.45, 2.75) is 57.2 Å². The molecule has 6 heteroatoms. The predicted molar refractivity (Wildman–Crippen MR) is 87.4 cm³/mol. The van der Waals surface area contributed by atoms with E-state index in [9.17, 15) is 19.5 Å². The van der Waals surface area contributed by atoms with Gasteiger partial charge in [0.15, 0.2) is 0 Å². The summed E-state index contributed by atoms with van der Waals surface area (Å²) in [6.45, 7) is 1.95. The van der Waals surface area contributed by atoms with E-state index in [1.165, 1.54) is 6.92 Å². The number of hydrogen-bond acceptors (Lipinski definition) is 3. The number of nitrogens with one attached hydrogen (secondary N) is 1. The fourth-order valence-electron chi connectivity index (χ4n) is 4.05. The second-order valence-corrected chi connectivity index (χ2v) is 6.82. The monoisotopic (exact) mass is 330 g/mol. The van der Waals surface area contributed by atoms with Crippen LogP contribution in [-0.2, 0) is 16.1 Å². The number of benzene rings is 1. The van der Waals surface area contributed by atoms with Gasteiger partial charge in [0.1, 0.15) is 0 Å². The van der Waals surface area contributed by atoms with Crippen LogP contribution in [0.25, 0.3) is 0 Å². The lowest BCUT2D eigenvalue weighted by atomic mass is 9.76. The second kappa shape index (κ2) is 6.26. The Morgan fingerprint density at radius 3 is 2.54 bits per heavy atom. The number of fused-ring (bicyclic) bond motifs is 1. The largest absolute Gasteiger partial charge is 0.481 e. The molecule has 1 saturated carbocycles. The molecule has 1 fully saturated rings. The van der Waals surface area contributed by atoms with Crippen LogP contribution in [0.5, 0.6) is 0 Å². The first-order valence-electron chi connectivity index (χ1n) is 8.30. The smallest absolute Gasteiger partial charge is 0.305 e. The van der Waals surface area contributed by atoms with E-state index in [-0.39, 0.29) is 24.3 Å². The van der Waals surface area contributed by atoms with Crippen molar-refractivity contribution in [2.75, 3.05) is 0 Å². The molecule has 0 saturated heterocycles. The zero-order chi connectivity index (χ0) is 17.3. The molecule has 0 spiro atoms. The minimum Gasteiger partial charge on any atom is -0.481 e. The van der Waals surface area contributed by atoms with Crippen LogP contribution in [0.1, 0.15) is 54.9 Å². The molecule has 0 bridgehead atoms. The van der Waals surface area contributed by atoms with Crippen LogP contribution >= 0.6 is 0 Å². The van der Waals surface area contributed by atoms with Crippen LogP contribution in [0, 0.1) is 0 Å². The average Bonchev–Trinajstić information content (AvgIpc) is 2.87. The van der Waals surface area contributed by atoms with Crippen LogP contribution in [0.3, 0.4) is 0 Å². The van der Waals surface area contributed by atoms with Crippen molar-refractivity contribution < 1.29 is 19.5 Å². The molecule has 1 aliphatic heterocycles. The minimum atomic E-state index is -0.892. The van der Waals surface area contributed by atoms with Gasteiger partial charge in [0, 0.05) is 25.1 Å². The summed E-state index contributed by atoms with van der Waals surface area (Å²) in [5.74, 6) is -1.04. The lowest BCUT2D eigenvalue weighted by Gasteiger charge is -2.45. The summed E-state index contributed by atoms with van der Waals surface area (Å²) in [6.07, 6.45) is 2.49. The standard InChI is InChI=1S/C18H22N2O4/c1-12(21)19-14-6-8-18(9-7-14,10-16(22)23)20-11-13-4-2-3-5-15(13)17(20)24/h2-5,14H,6-11H2,1H3,(H,19,21)(H,22,23). The van der Waals surface area contributed by atoms with E-state index in [0.29, 0.717) is 37.8 Å². The Kier molecular flexibility index (Phi) is 4.30. The molecular weight excluding hydrogens is 308 g/mol. The Balaban J connectivity index is 1.83. The van der Waals surface area contributed by atoms with Gasteiger partial charge < -0.3 is 15.3 Å². The second-order valence-electron chi connectivity index (χ2n) is 6.82. The predicted octanol–water partition coefficient (Wildman–Crippen LogP) is 1.93. The number of carboxylic acids is 1. The maximum Gasteiger partial charge on any atom is 0.305 e. The summed E-state index contributed by atoms with van der Waals surface area (Å²) in [5.41, 5.74) is 0.958. The topological polar surface area (TPSA) is 86.7 Å². The molecule has 0 unspecified atom stereocenters. The number of hydrogen-bond donors (Lipinski definition) is 2. The first kappa shape index (κ1) is 16.5. The number of amides is 2. The SMILES string of the molecule is CC(=O)NC1CCC(CC(=O)O)(N2Cc3ccccc3C2=O)CC1. The molecule has 1 aromatic carbocycles. The van der Waals surface area contributed by atoms with Crippen LogP contribution in [0.15, 0.2) is 24.3 Å². The van der Waals surface area contributed by atoms with Crippen LogP contribution in [0.4, 0.5) is 0 Å². The summed E-state index contributed by atoms with van der Waals surface area (Å²) in [6, 6.07) is 7.51. The van der Waals surface area contributed by atoms with E-state index in [0.717, 1.165) is 5.56 Å². The molecule has 128 valence electrons. The average molecular weight is 330 g/mol. The molecule has 2 aliphatic rings. The number of carboxylic acid groups (broad SMARTS) is 1. The van der Waals surface area contributed by atoms with Crippen LogP contribution < -0.4 is 5.32 Å². The summed E-state index contributed by atoms with van der Waals surface area (Å²) >= 11 is 0. The van der Waals surface area contributed by atoms with Crippen molar-refractivity contribution in [1.82, 2.24) is 10.2 Å². The lowest BCUT2D eigenvalue weighted by molar-refractivity contribution is -0.141. The van der Waals surface area contributed by atoms with Gasteiger partial charge in [-0.25, -0.2) is 0 Å². The summed E-state index contributed by atoms with van der Waals surface area (Å²) in [5, 5.41) is 12.3. The van der Waals surface area contributed by atoms with Crippen molar-refractivity contribution in [2.24, 2.45) is 0 Å². The highest BCUT2D eigenvalue weighted by molar-refractivity contribution is 5.99. The van der Waals surface area contributed by atoms with Gasteiger partial charge in [0.25, 0.3) is 5.91 Å². The van der Waals surface area contributed by atoms with Gasteiger partial charge in [-0.2, -0.15) is 0 Å². The molecule has 0 aromatic heterocycles. The summed E-state index contributed by atoms with van der Waals surface area (Å²) < 4.78 is 0. The number of aliphatic carboxylic acids is 1. The van der Waals surface area contributed by atoms with E-state index in [1.54, 1.807) is 11.0 Å². The molecule has 3 rings (SSSR count). The van der Waals surface area contributed by atoms with Crippen molar-refractivity contribution in [3.8, 4) is 0 Å². The van der Waals surface area contributed by atoms with Crippen molar-refractivity contribution in [3.05, 3.63) is 35.4 Å². The van der Waals surface area contributed by atoms with Crippen molar-refractivity contribution in [1.29, 1.82) is 0 Å². The Bertz CT molecular complexity index is 677. The molecule has 0 atom stereocenters. The molecule has 2 amide bonds. The van der Waals surface area contributed by atoms with Gasteiger partial charge in [-0.05, 0) is 37.3 Å². The van der Waals surface area contributed by atoms with Crippen LogP contribution in [-0.4, -0.2) is 39.4 Å². The Morgan fingerprint density at radius 1 is 1.29 bits per heavy atom. The van der Waals surface area contributed by atoms with Crippen molar-refractivity contribution >= 4 is 17.8 Å². The highest BCUT2D eigenvalue weighted by Crippen LogP contribution is 2.41. The number of carbonyl (C=O) groups is 3. The van der Waals surface area contributed by atoms with Crippen LogP contribution in [0.2, 0.25) is 0 Å². The normalized spacial score (nSPS) is 26.1. The summed E-state index contributed by atoms with van der Waals surface area (Å²) in [7, 11) is 0. The van der Waals surface area contributed by atoms with E-state index in [4.69, 9.17) is 0 Å². The number of nitrogens with zero attached hydrogens (tertiary/aromatic N) is 1. The minimum absolute atomic E-state index is 0.0560. The molecular formula is C18H22N2O4. The zero-order valence-corrected chi connectivity index (χ0v) is 13.7. The Labute approximate surface area is 140 Å². The quantitative estimate of drug-likeness (QED) is 0.883. The zero-order valence-electron chi connectivity index (χ0n) is 13.7. The highest BCUT2D eigenvalue weighted by Gasteiger charge is 2.47. The molecule has 24 heavy (non-hydrogen) atoms. The highest BCUT2D eigenvalue weighted by atomic mass is 16.4. The number of carbonyl (C=O) groups excluding carboxylic acids is 2. The Morgan fingerprint density at radius 2 is 1.96 bits per heavy atom. The first-order chi connectivity index (χ1) is 11.4. The molecule has 1 aromatic rings. The van der Waals surface area contributed by atoms with Gasteiger partial charge in [0.2, 0.25) is 5.91 Å². The summed E-state index contributed by atoms with van der Waals surface area (Å²) in [4.78, 5) is 37.3. The third kappa shape index (κ3) is 3.00. The van der Waals surface area contributed by atoms with Gasteiger partial charge in [0.05, 0.1) is 12.0 Å². The van der Waals surface area contributed by atoms with Gasteiger partial charge in [-0.1, -0.05) is 18.2 Å². The van der Waals surface area contributed by atoms with Gasteiger partial charge in [-0.3, -0.25) is 14.4 Å². The van der Waals surface area contributed by atoms with E-state index >= 15 is 0 Å². The third-order valence-corrected chi connectivity index (χ3v) is 5.20. The molecule has 1 aliphatic carbocycles. The number of rotatable bonds is 4. The fraction of sp³-hybridized carbons (Fsp3) is 0.500. The maximum atomic E-state index is 12.8. The lowest BCUT2D eigenvalue weighted by Crippen LogP contribution is -2.54. The molecule has 1 heterocycles. The third-order valence-electron chi connectivity index (χ3n) is 5.20. The Hall–Kier alpha value is -2.37.